The summed E-state index contributed by atoms with van der Waals surface area (Å²) in [6, 6.07) is 12.5. The van der Waals surface area contributed by atoms with Crippen LogP contribution in [0, 0.1) is 5.82 Å². The van der Waals surface area contributed by atoms with Crippen molar-refractivity contribution < 1.29 is 14.0 Å². The average molecular weight is 335 g/mol. The molecule has 2 rings (SSSR count). The van der Waals surface area contributed by atoms with Crippen LogP contribution >= 0.6 is 11.6 Å². The van der Waals surface area contributed by atoms with Crippen molar-refractivity contribution in [2.75, 3.05) is 16.8 Å². The van der Waals surface area contributed by atoms with Crippen LogP contribution in [0.15, 0.2) is 48.5 Å². The summed E-state index contributed by atoms with van der Waals surface area (Å²) in [6.07, 6.45) is 0.0994. The second kappa shape index (κ2) is 7.74. The smallest absolute Gasteiger partial charge is 0.226 e. The number of halogens is 2. The molecule has 0 spiro atoms. The van der Waals surface area contributed by atoms with E-state index in [9.17, 15) is 14.0 Å². The van der Waals surface area contributed by atoms with Crippen molar-refractivity contribution in [3.05, 3.63) is 59.4 Å². The van der Waals surface area contributed by atoms with Gasteiger partial charge in [-0.25, -0.2) is 4.39 Å². The van der Waals surface area contributed by atoms with Crippen LogP contribution in [-0.2, 0) is 9.59 Å². The van der Waals surface area contributed by atoms with Gasteiger partial charge in [-0.2, -0.15) is 0 Å². The van der Waals surface area contributed by atoms with Crippen molar-refractivity contribution in [1.29, 1.82) is 0 Å². The maximum absolute atomic E-state index is 13.0. The number of hydrogen-bond donors (Lipinski definition) is 1. The van der Waals surface area contributed by atoms with Crippen molar-refractivity contribution in [3.8, 4) is 0 Å². The molecule has 0 aromatic heterocycles. The normalized spacial score (nSPS) is 10.2. The Labute approximate surface area is 138 Å². The topological polar surface area (TPSA) is 49.4 Å². The number of nitrogens with zero attached hydrogens (tertiary/aromatic N) is 1. The summed E-state index contributed by atoms with van der Waals surface area (Å²) < 4.78 is 13.0. The van der Waals surface area contributed by atoms with Crippen molar-refractivity contribution in [3.63, 3.8) is 0 Å². The minimum Gasteiger partial charge on any atom is -0.325 e. The summed E-state index contributed by atoms with van der Waals surface area (Å²) in [5, 5.41) is 3.14. The highest BCUT2D eigenvalue weighted by atomic mass is 35.5. The number of rotatable bonds is 5. The number of hydrogen-bond acceptors (Lipinski definition) is 2. The summed E-state index contributed by atoms with van der Waals surface area (Å²) in [5.74, 6) is -0.859. The number of para-hydroxylation sites is 1. The third-order valence-corrected chi connectivity index (χ3v) is 3.56. The van der Waals surface area contributed by atoms with Gasteiger partial charge in [0.1, 0.15) is 5.82 Å². The highest BCUT2D eigenvalue weighted by Crippen LogP contribution is 2.21. The summed E-state index contributed by atoms with van der Waals surface area (Å²) >= 11 is 5.98. The Balaban J connectivity index is 1.99. The Hall–Kier alpha value is -2.40. The number of carbonyl (C=O) groups excluding carboxylic acids is 2. The molecule has 0 aliphatic rings. The minimum atomic E-state index is -0.381. The lowest BCUT2D eigenvalue weighted by Crippen LogP contribution is -2.31. The molecule has 23 heavy (non-hydrogen) atoms. The molecule has 0 heterocycles. The number of nitrogens with one attached hydrogen (secondary N) is 1. The molecule has 2 amide bonds. The van der Waals surface area contributed by atoms with Crippen molar-refractivity contribution >= 4 is 34.8 Å². The molecule has 2 aromatic rings. The molecule has 0 aliphatic carbocycles. The first kappa shape index (κ1) is 17.0. The van der Waals surface area contributed by atoms with Gasteiger partial charge in [-0.05, 0) is 36.4 Å². The van der Waals surface area contributed by atoms with Crippen molar-refractivity contribution in [1.82, 2.24) is 0 Å². The Kier molecular flexibility index (Phi) is 5.71. The van der Waals surface area contributed by atoms with Crippen LogP contribution in [0.5, 0.6) is 0 Å². The lowest BCUT2D eigenvalue weighted by Gasteiger charge is -2.21. The Morgan fingerprint density at radius 2 is 1.78 bits per heavy atom. The highest BCUT2D eigenvalue weighted by Gasteiger charge is 2.14. The standard InChI is InChI=1S/C17H16ClFN2O2/c1-12(22)21(14-8-6-13(19)7-9-14)11-10-17(23)20-16-5-3-2-4-15(16)18/h2-9H,10-11H2,1H3,(H,20,23). The van der Waals surface area contributed by atoms with Crippen molar-refractivity contribution in [2.45, 2.75) is 13.3 Å². The molecule has 0 aliphatic heterocycles. The van der Waals surface area contributed by atoms with Crippen LogP contribution in [0.3, 0.4) is 0 Å². The van der Waals surface area contributed by atoms with Gasteiger partial charge in [-0.15, -0.1) is 0 Å². The average Bonchev–Trinajstić information content (AvgIpc) is 2.51. The molecular weight excluding hydrogens is 319 g/mol. The quantitative estimate of drug-likeness (QED) is 0.902. The van der Waals surface area contributed by atoms with E-state index in [1.54, 1.807) is 24.3 Å². The summed E-state index contributed by atoms with van der Waals surface area (Å²) in [5.41, 5.74) is 1.07. The lowest BCUT2D eigenvalue weighted by molar-refractivity contribution is -0.117. The summed E-state index contributed by atoms with van der Waals surface area (Å²) in [4.78, 5) is 25.2. The zero-order chi connectivity index (χ0) is 16.8. The van der Waals surface area contributed by atoms with E-state index >= 15 is 0 Å². The van der Waals surface area contributed by atoms with Gasteiger partial charge in [0.2, 0.25) is 11.8 Å². The zero-order valence-electron chi connectivity index (χ0n) is 12.6. The van der Waals surface area contributed by atoms with Gasteiger partial charge in [0.05, 0.1) is 10.7 Å². The monoisotopic (exact) mass is 334 g/mol. The Morgan fingerprint density at radius 1 is 1.13 bits per heavy atom. The molecular formula is C17H16ClFN2O2. The molecule has 0 saturated carbocycles. The van der Waals surface area contributed by atoms with Crippen LogP contribution in [0.25, 0.3) is 0 Å². The van der Waals surface area contributed by atoms with E-state index in [0.717, 1.165) is 0 Å². The first-order valence-corrected chi connectivity index (χ1v) is 7.43. The van der Waals surface area contributed by atoms with Gasteiger partial charge in [-0.3, -0.25) is 9.59 Å². The molecule has 2 aromatic carbocycles. The fourth-order valence-corrected chi connectivity index (χ4v) is 2.26. The number of anilines is 2. The second-order valence-corrected chi connectivity index (χ2v) is 5.33. The molecule has 0 bridgehead atoms. The number of benzene rings is 2. The SMILES string of the molecule is CC(=O)N(CCC(=O)Nc1ccccc1Cl)c1ccc(F)cc1. The lowest BCUT2D eigenvalue weighted by atomic mass is 10.2. The van der Waals surface area contributed by atoms with Gasteiger partial charge < -0.3 is 10.2 Å². The zero-order valence-corrected chi connectivity index (χ0v) is 13.3. The molecule has 120 valence electrons. The molecule has 1 N–H and O–H groups in total. The van der Waals surface area contributed by atoms with Crippen LogP contribution in [-0.4, -0.2) is 18.4 Å². The van der Waals surface area contributed by atoms with Gasteiger partial charge >= 0.3 is 0 Å². The van der Waals surface area contributed by atoms with E-state index in [-0.39, 0.29) is 30.6 Å². The van der Waals surface area contributed by atoms with E-state index in [2.05, 4.69) is 5.32 Å². The molecule has 0 atom stereocenters. The third kappa shape index (κ3) is 4.79. The van der Waals surface area contributed by atoms with Crippen LogP contribution in [0.2, 0.25) is 5.02 Å². The van der Waals surface area contributed by atoms with Crippen molar-refractivity contribution in [2.24, 2.45) is 0 Å². The maximum Gasteiger partial charge on any atom is 0.226 e. The highest BCUT2D eigenvalue weighted by molar-refractivity contribution is 6.33. The fraction of sp³-hybridized carbons (Fsp3) is 0.176. The van der Waals surface area contributed by atoms with E-state index in [0.29, 0.717) is 16.4 Å². The molecule has 0 saturated heterocycles. The van der Waals surface area contributed by atoms with Crippen LogP contribution in [0.4, 0.5) is 15.8 Å². The van der Waals surface area contributed by atoms with Crippen LogP contribution in [0.1, 0.15) is 13.3 Å². The van der Waals surface area contributed by atoms with E-state index < -0.39 is 0 Å². The molecule has 0 radical (unpaired) electrons. The minimum absolute atomic E-state index is 0.0994. The first-order valence-electron chi connectivity index (χ1n) is 7.05. The number of amides is 2. The third-order valence-electron chi connectivity index (χ3n) is 3.23. The summed E-state index contributed by atoms with van der Waals surface area (Å²) in [7, 11) is 0. The van der Waals surface area contributed by atoms with Gasteiger partial charge in [0, 0.05) is 25.6 Å². The van der Waals surface area contributed by atoms with Gasteiger partial charge in [0.25, 0.3) is 0 Å². The predicted octanol–water partition coefficient (Wildman–Crippen LogP) is 3.86. The summed E-state index contributed by atoms with van der Waals surface area (Å²) in [6.45, 7) is 1.59. The van der Waals surface area contributed by atoms with Gasteiger partial charge in [0.15, 0.2) is 0 Å². The largest absolute Gasteiger partial charge is 0.325 e. The van der Waals surface area contributed by atoms with E-state index in [4.69, 9.17) is 11.6 Å². The fourth-order valence-electron chi connectivity index (χ4n) is 2.08. The van der Waals surface area contributed by atoms with E-state index in [1.807, 2.05) is 0 Å². The number of carbonyl (C=O) groups is 2. The molecule has 6 heteroatoms. The maximum atomic E-state index is 13.0. The van der Waals surface area contributed by atoms with Crippen LogP contribution < -0.4 is 10.2 Å². The van der Waals surface area contributed by atoms with Gasteiger partial charge in [-0.1, -0.05) is 23.7 Å². The second-order valence-electron chi connectivity index (χ2n) is 4.93. The Morgan fingerprint density at radius 3 is 2.39 bits per heavy atom. The Bertz CT molecular complexity index is 704. The molecule has 0 unspecified atom stereocenters. The van der Waals surface area contributed by atoms with E-state index in [1.165, 1.54) is 36.1 Å². The molecule has 0 fully saturated rings. The predicted molar refractivity (Wildman–Crippen MR) is 89.1 cm³/mol. The first-order chi connectivity index (χ1) is 11.0. The molecule has 4 nitrogen and oxygen atoms in total.